The highest BCUT2D eigenvalue weighted by molar-refractivity contribution is 9.08. The smallest absolute Gasteiger partial charge is 0.255 e. The van der Waals surface area contributed by atoms with E-state index in [1.165, 1.54) is 0 Å². The average molecular weight is 339 g/mol. The molecule has 0 aromatic heterocycles. The Kier molecular flexibility index (Phi) is 4.61. The number of rotatable bonds is 3. The summed E-state index contributed by atoms with van der Waals surface area (Å²) in [5.74, 6) is -0.155. The second kappa shape index (κ2) is 6.22. The fraction of sp³-hybridized carbons (Fsp3) is 0.133. The van der Waals surface area contributed by atoms with E-state index in [0.29, 0.717) is 16.3 Å². The molecule has 1 N–H and O–H groups in total. The van der Waals surface area contributed by atoms with Gasteiger partial charge in [0.05, 0.1) is 10.7 Å². The number of alkyl halides is 1. The average Bonchev–Trinajstić information content (AvgIpc) is 2.43. The summed E-state index contributed by atoms with van der Waals surface area (Å²) >= 11 is 9.46. The van der Waals surface area contributed by atoms with Crippen LogP contribution in [-0.2, 0) is 5.33 Å². The van der Waals surface area contributed by atoms with Crippen LogP contribution in [0.4, 0.5) is 5.69 Å². The van der Waals surface area contributed by atoms with Crippen LogP contribution in [0.2, 0.25) is 5.02 Å². The maximum Gasteiger partial charge on any atom is 0.255 e. The van der Waals surface area contributed by atoms with Gasteiger partial charge < -0.3 is 5.32 Å². The van der Waals surface area contributed by atoms with Crippen molar-refractivity contribution in [1.82, 2.24) is 0 Å². The Balaban J connectivity index is 2.20. The molecule has 2 nitrogen and oxygen atoms in total. The summed E-state index contributed by atoms with van der Waals surface area (Å²) in [6, 6.07) is 13.0. The third kappa shape index (κ3) is 3.37. The maximum atomic E-state index is 12.1. The zero-order valence-corrected chi connectivity index (χ0v) is 12.8. The molecule has 0 radical (unpaired) electrons. The molecular weight excluding hydrogens is 326 g/mol. The summed E-state index contributed by atoms with van der Waals surface area (Å²) in [6.07, 6.45) is 0. The first-order chi connectivity index (χ1) is 9.11. The van der Waals surface area contributed by atoms with Crippen LogP contribution in [0.15, 0.2) is 42.5 Å². The maximum absolute atomic E-state index is 12.1. The molecule has 1 amide bonds. The van der Waals surface area contributed by atoms with Gasteiger partial charge in [-0.15, -0.1) is 0 Å². The molecule has 0 aliphatic carbocycles. The molecule has 2 rings (SSSR count). The number of para-hydroxylation sites is 1. The van der Waals surface area contributed by atoms with E-state index in [1.54, 1.807) is 18.2 Å². The molecule has 0 atom stereocenters. The van der Waals surface area contributed by atoms with Crippen molar-refractivity contribution in [3.63, 3.8) is 0 Å². The van der Waals surface area contributed by atoms with Gasteiger partial charge in [0.15, 0.2) is 0 Å². The van der Waals surface area contributed by atoms with E-state index in [9.17, 15) is 4.79 Å². The van der Waals surface area contributed by atoms with Crippen molar-refractivity contribution in [3.05, 3.63) is 64.2 Å². The predicted molar refractivity (Wildman–Crippen MR) is 83.2 cm³/mol. The topological polar surface area (TPSA) is 29.1 Å². The summed E-state index contributed by atoms with van der Waals surface area (Å²) < 4.78 is 0. The van der Waals surface area contributed by atoms with Crippen LogP contribution in [0.3, 0.4) is 0 Å². The molecule has 0 aliphatic rings. The molecule has 0 unspecified atom stereocenters. The SMILES string of the molecule is Cc1cccc(Cl)c1NC(=O)c1ccc(CBr)cc1. The molecule has 0 saturated carbocycles. The second-order valence-electron chi connectivity index (χ2n) is 4.22. The standard InChI is InChI=1S/C15H13BrClNO/c1-10-3-2-4-13(17)14(10)18-15(19)12-7-5-11(9-16)6-8-12/h2-8H,9H2,1H3,(H,18,19). The van der Waals surface area contributed by atoms with Gasteiger partial charge in [0, 0.05) is 10.9 Å². The minimum Gasteiger partial charge on any atom is -0.320 e. The van der Waals surface area contributed by atoms with Gasteiger partial charge in [0.25, 0.3) is 5.91 Å². The summed E-state index contributed by atoms with van der Waals surface area (Å²) in [6.45, 7) is 1.91. The predicted octanol–water partition coefficient (Wildman–Crippen LogP) is 4.80. The van der Waals surface area contributed by atoms with Gasteiger partial charge in [0.1, 0.15) is 0 Å². The van der Waals surface area contributed by atoms with Crippen molar-refractivity contribution in [2.45, 2.75) is 12.3 Å². The molecule has 4 heteroatoms. The number of hydrogen-bond acceptors (Lipinski definition) is 1. The van der Waals surface area contributed by atoms with Crippen molar-refractivity contribution in [3.8, 4) is 0 Å². The molecule has 0 spiro atoms. The molecule has 2 aromatic carbocycles. The third-order valence-electron chi connectivity index (χ3n) is 2.83. The number of carbonyl (C=O) groups excluding carboxylic acids is 1. The van der Waals surface area contributed by atoms with E-state index in [1.807, 2.05) is 31.2 Å². The lowest BCUT2D eigenvalue weighted by molar-refractivity contribution is 0.102. The van der Waals surface area contributed by atoms with Crippen LogP contribution in [-0.4, -0.2) is 5.91 Å². The zero-order chi connectivity index (χ0) is 13.8. The Bertz CT molecular complexity index is 575. The van der Waals surface area contributed by atoms with Crippen molar-refractivity contribution in [1.29, 1.82) is 0 Å². The van der Waals surface area contributed by atoms with E-state index in [-0.39, 0.29) is 5.91 Å². The van der Waals surface area contributed by atoms with E-state index in [2.05, 4.69) is 21.2 Å². The number of benzene rings is 2. The first kappa shape index (κ1) is 14.1. The molecule has 0 heterocycles. The van der Waals surface area contributed by atoms with Gasteiger partial charge in [-0.1, -0.05) is 51.8 Å². The number of aryl methyl sites for hydroxylation is 1. The van der Waals surface area contributed by atoms with Crippen LogP contribution in [0.1, 0.15) is 21.5 Å². The van der Waals surface area contributed by atoms with Crippen LogP contribution < -0.4 is 5.32 Å². The van der Waals surface area contributed by atoms with Crippen LogP contribution >= 0.6 is 27.5 Å². The largest absolute Gasteiger partial charge is 0.320 e. The van der Waals surface area contributed by atoms with E-state index >= 15 is 0 Å². The number of nitrogens with one attached hydrogen (secondary N) is 1. The van der Waals surface area contributed by atoms with Crippen molar-refractivity contribution >= 4 is 39.1 Å². The Labute approximate surface area is 125 Å². The number of carbonyl (C=O) groups is 1. The highest BCUT2D eigenvalue weighted by atomic mass is 79.9. The molecule has 98 valence electrons. The molecule has 2 aromatic rings. The first-order valence-electron chi connectivity index (χ1n) is 5.83. The van der Waals surface area contributed by atoms with Crippen molar-refractivity contribution in [2.24, 2.45) is 0 Å². The number of anilines is 1. The van der Waals surface area contributed by atoms with Gasteiger partial charge in [-0.2, -0.15) is 0 Å². The minimum absolute atomic E-state index is 0.155. The van der Waals surface area contributed by atoms with Gasteiger partial charge >= 0.3 is 0 Å². The highest BCUT2D eigenvalue weighted by Crippen LogP contribution is 2.25. The molecule has 0 fully saturated rings. The van der Waals surface area contributed by atoms with Gasteiger partial charge in [0.2, 0.25) is 0 Å². The van der Waals surface area contributed by atoms with E-state index in [4.69, 9.17) is 11.6 Å². The number of halogens is 2. The Morgan fingerprint density at radius 2 is 1.89 bits per heavy atom. The Morgan fingerprint density at radius 1 is 1.21 bits per heavy atom. The summed E-state index contributed by atoms with van der Waals surface area (Å²) in [5, 5.41) is 4.17. The summed E-state index contributed by atoms with van der Waals surface area (Å²) in [5.41, 5.74) is 3.35. The lowest BCUT2D eigenvalue weighted by Gasteiger charge is -2.10. The lowest BCUT2D eigenvalue weighted by Crippen LogP contribution is -2.13. The van der Waals surface area contributed by atoms with E-state index < -0.39 is 0 Å². The Hall–Kier alpha value is -1.32. The second-order valence-corrected chi connectivity index (χ2v) is 5.18. The molecule has 0 aliphatic heterocycles. The van der Waals surface area contributed by atoms with Crippen LogP contribution in [0, 0.1) is 6.92 Å². The zero-order valence-electron chi connectivity index (χ0n) is 10.4. The van der Waals surface area contributed by atoms with Crippen LogP contribution in [0.5, 0.6) is 0 Å². The van der Waals surface area contributed by atoms with E-state index in [0.717, 1.165) is 16.5 Å². The summed E-state index contributed by atoms with van der Waals surface area (Å²) in [7, 11) is 0. The van der Waals surface area contributed by atoms with Crippen molar-refractivity contribution < 1.29 is 4.79 Å². The monoisotopic (exact) mass is 337 g/mol. The first-order valence-corrected chi connectivity index (χ1v) is 7.33. The fourth-order valence-corrected chi connectivity index (χ4v) is 2.36. The minimum atomic E-state index is -0.155. The Morgan fingerprint density at radius 3 is 2.47 bits per heavy atom. The normalized spacial score (nSPS) is 10.3. The molecule has 0 bridgehead atoms. The number of hydrogen-bond donors (Lipinski definition) is 1. The fourth-order valence-electron chi connectivity index (χ4n) is 1.72. The van der Waals surface area contributed by atoms with Crippen molar-refractivity contribution in [2.75, 3.05) is 5.32 Å². The molecular formula is C15H13BrClNO. The van der Waals surface area contributed by atoms with Gasteiger partial charge in [-0.25, -0.2) is 0 Å². The summed E-state index contributed by atoms with van der Waals surface area (Å²) in [4.78, 5) is 12.1. The van der Waals surface area contributed by atoms with Gasteiger partial charge in [-0.05, 0) is 36.2 Å². The quantitative estimate of drug-likeness (QED) is 0.801. The molecule has 0 saturated heterocycles. The highest BCUT2D eigenvalue weighted by Gasteiger charge is 2.10. The lowest BCUT2D eigenvalue weighted by atomic mass is 10.1. The van der Waals surface area contributed by atoms with Gasteiger partial charge in [-0.3, -0.25) is 4.79 Å². The third-order valence-corrected chi connectivity index (χ3v) is 3.79. The number of amides is 1. The van der Waals surface area contributed by atoms with Crippen LogP contribution in [0.25, 0.3) is 0 Å². The molecule has 19 heavy (non-hydrogen) atoms.